The molecule has 0 aliphatic carbocycles. The van der Waals surface area contributed by atoms with E-state index in [1.165, 1.54) is 5.56 Å². The van der Waals surface area contributed by atoms with Gasteiger partial charge in [-0.3, -0.25) is 4.79 Å². The summed E-state index contributed by atoms with van der Waals surface area (Å²) in [4.78, 5) is 14.3. The third kappa shape index (κ3) is 5.65. The van der Waals surface area contributed by atoms with E-state index >= 15 is 0 Å². The Balaban J connectivity index is 1.93. The Morgan fingerprint density at radius 2 is 1.59 bits per heavy atom. The zero-order valence-corrected chi connectivity index (χ0v) is 17.5. The number of sulfonamides is 1. The van der Waals surface area contributed by atoms with Crippen LogP contribution in [0.1, 0.15) is 34.2 Å². The Bertz CT molecular complexity index is 936. The van der Waals surface area contributed by atoms with E-state index in [9.17, 15) is 13.2 Å². The molecule has 0 fully saturated rings. The van der Waals surface area contributed by atoms with Crippen molar-refractivity contribution in [2.24, 2.45) is 0 Å². The lowest BCUT2D eigenvalue weighted by atomic mass is 10.1. The van der Waals surface area contributed by atoms with E-state index in [0.717, 1.165) is 16.7 Å². The summed E-state index contributed by atoms with van der Waals surface area (Å²) in [6.45, 7) is 8.26. The van der Waals surface area contributed by atoms with Crippen LogP contribution in [0.3, 0.4) is 0 Å². The predicted octanol–water partition coefficient (Wildman–Crippen LogP) is 3.25. The molecular weight excluding hydrogens is 360 g/mol. The minimum atomic E-state index is -3.63. The summed E-state index contributed by atoms with van der Waals surface area (Å²) in [5, 5.41) is 0. The minimum absolute atomic E-state index is 0.0752. The van der Waals surface area contributed by atoms with E-state index in [0.29, 0.717) is 12.1 Å². The molecule has 2 rings (SSSR count). The number of aryl methyl sites for hydroxylation is 4. The van der Waals surface area contributed by atoms with Gasteiger partial charge in [0.05, 0.1) is 4.90 Å². The average Bonchev–Trinajstić information content (AvgIpc) is 2.59. The zero-order valence-electron chi connectivity index (χ0n) is 16.7. The summed E-state index contributed by atoms with van der Waals surface area (Å²) in [5.74, 6) is -0.0985. The van der Waals surface area contributed by atoms with Crippen molar-refractivity contribution in [1.82, 2.24) is 9.62 Å². The van der Waals surface area contributed by atoms with Gasteiger partial charge in [0.2, 0.25) is 15.9 Å². The first-order valence-electron chi connectivity index (χ1n) is 8.97. The van der Waals surface area contributed by atoms with E-state index in [1.807, 2.05) is 39.0 Å². The summed E-state index contributed by atoms with van der Waals surface area (Å²) < 4.78 is 27.5. The maximum Gasteiger partial charge on any atom is 0.240 e. The van der Waals surface area contributed by atoms with Crippen LogP contribution in [0.25, 0.3) is 0 Å². The molecule has 0 atom stereocenters. The fourth-order valence-corrected chi connectivity index (χ4v) is 4.28. The zero-order chi connectivity index (χ0) is 20.2. The minimum Gasteiger partial charge on any atom is -0.341 e. The fourth-order valence-electron chi connectivity index (χ4n) is 2.92. The highest BCUT2D eigenvalue weighted by Gasteiger charge is 2.18. The molecule has 0 aliphatic rings. The van der Waals surface area contributed by atoms with E-state index < -0.39 is 10.0 Å². The maximum atomic E-state index is 12.5. The molecule has 1 N–H and O–H groups in total. The quantitative estimate of drug-likeness (QED) is 0.792. The van der Waals surface area contributed by atoms with Crippen LogP contribution < -0.4 is 4.72 Å². The highest BCUT2D eigenvalue weighted by molar-refractivity contribution is 7.89. The largest absolute Gasteiger partial charge is 0.341 e. The normalized spacial score (nSPS) is 11.4. The summed E-state index contributed by atoms with van der Waals surface area (Å²) in [7, 11) is -1.89. The predicted molar refractivity (Wildman–Crippen MR) is 108 cm³/mol. The van der Waals surface area contributed by atoms with Crippen LogP contribution in [0.15, 0.2) is 41.3 Å². The van der Waals surface area contributed by atoms with Crippen molar-refractivity contribution in [3.63, 3.8) is 0 Å². The summed E-state index contributed by atoms with van der Waals surface area (Å²) in [6, 6.07) is 11.4. The Hall–Kier alpha value is -2.18. The Labute approximate surface area is 162 Å². The number of hydrogen-bond donors (Lipinski definition) is 1. The molecule has 0 heterocycles. The van der Waals surface area contributed by atoms with Gasteiger partial charge >= 0.3 is 0 Å². The molecule has 0 bridgehead atoms. The Kier molecular flexibility index (Phi) is 6.78. The third-order valence-electron chi connectivity index (χ3n) is 4.60. The fraction of sp³-hybridized carbons (Fsp3) is 0.381. The van der Waals surface area contributed by atoms with Gasteiger partial charge in [0, 0.05) is 26.6 Å². The molecule has 27 heavy (non-hydrogen) atoms. The van der Waals surface area contributed by atoms with Crippen LogP contribution in [0, 0.1) is 27.7 Å². The molecule has 1 amide bonds. The number of carbonyl (C=O) groups excluding carboxylic acids is 1. The first-order valence-corrected chi connectivity index (χ1v) is 10.5. The molecule has 5 nitrogen and oxygen atoms in total. The highest BCUT2D eigenvalue weighted by Crippen LogP contribution is 2.17. The smallest absolute Gasteiger partial charge is 0.240 e. The number of rotatable bonds is 7. The van der Waals surface area contributed by atoms with Crippen molar-refractivity contribution in [3.8, 4) is 0 Å². The van der Waals surface area contributed by atoms with Gasteiger partial charge in [0.15, 0.2) is 0 Å². The van der Waals surface area contributed by atoms with Crippen LogP contribution in [0.4, 0.5) is 0 Å². The number of benzene rings is 2. The molecule has 0 radical (unpaired) electrons. The van der Waals surface area contributed by atoms with Crippen LogP contribution >= 0.6 is 0 Å². The van der Waals surface area contributed by atoms with E-state index in [1.54, 1.807) is 31.0 Å². The van der Waals surface area contributed by atoms with Crippen molar-refractivity contribution in [1.29, 1.82) is 0 Å². The molecule has 0 aliphatic heterocycles. The van der Waals surface area contributed by atoms with Gasteiger partial charge in [0.25, 0.3) is 0 Å². The van der Waals surface area contributed by atoms with Crippen molar-refractivity contribution in [3.05, 3.63) is 64.2 Å². The van der Waals surface area contributed by atoms with Crippen LogP contribution in [0.5, 0.6) is 0 Å². The first kappa shape index (κ1) is 21.1. The van der Waals surface area contributed by atoms with Gasteiger partial charge in [-0.15, -0.1) is 0 Å². The van der Waals surface area contributed by atoms with Gasteiger partial charge in [0.1, 0.15) is 0 Å². The lowest BCUT2D eigenvalue weighted by Gasteiger charge is -2.19. The topological polar surface area (TPSA) is 66.5 Å². The number of nitrogens with one attached hydrogen (secondary N) is 1. The summed E-state index contributed by atoms with van der Waals surface area (Å²) >= 11 is 0. The summed E-state index contributed by atoms with van der Waals surface area (Å²) in [5.41, 5.74) is 4.99. The molecule has 0 saturated heterocycles. The molecule has 146 valence electrons. The summed E-state index contributed by atoms with van der Waals surface area (Å²) in [6.07, 6.45) is 0.117. The van der Waals surface area contributed by atoms with Crippen molar-refractivity contribution in [2.45, 2.75) is 45.6 Å². The molecule has 0 spiro atoms. The van der Waals surface area contributed by atoms with Crippen molar-refractivity contribution < 1.29 is 13.2 Å². The lowest BCUT2D eigenvalue weighted by Crippen LogP contribution is -2.32. The highest BCUT2D eigenvalue weighted by atomic mass is 32.2. The molecule has 2 aromatic carbocycles. The molecule has 0 unspecified atom stereocenters. The molecule has 0 saturated carbocycles. The Morgan fingerprint density at radius 3 is 2.26 bits per heavy atom. The van der Waals surface area contributed by atoms with E-state index in [4.69, 9.17) is 0 Å². The van der Waals surface area contributed by atoms with Crippen LogP contribution in [-0.2, 0) is 21.4 Å². The van der Waals surface area contributed by atoms with E-state index in [-0.39, 0.29) is 23.8 Å². The second kappa shape index (κ2) is 8.67. The molecule has 2 aromatic rings. The second-order valence-electron chi connectivity index (χ2n) is 7.10. The molecular formula is C21H28N2O3S. The van der Waals surface area contributed by atoms with Gasteiger partial charge in [-0.2, -0.15) is 0 Å². The second-order valence-corrected chi connectivity index (χ2v) is 8.83. The molecule has 0 aromatic heterocycles. The number of amides is 1. The van der Waals surface area contributed by atoms with Gasteiger partial charge in [-0.25, -0.2) is 13.1 Å². The SMILES string of the molecule is Cc1ccc(CN(C)C(=O)CCNS(=O)(=O)c2cc(C)ccc2C)c(C)c1. The standard InChI is InChI=1S/C21H28N2O3S/c1-15-7-9-19(18(4)12-15)14-23(5)21(24)10-11-22-27(25,26)20-13-16(2)6-8-17(20)3/h6-9,12-13,22H,10-11,14H2,1-5H3. The number of carbonyl (C=O) groups is 1. The first-order chi connectivity index (χ1) is 12.6. The van der Waals surface area contributed by atoms with Crippen molar-refractivity contribution in [2.75, 3.05) is 13.6 Å². The van der Waals surface area contributed by atoms with Crippen LogP contribution in [0.2, 0.25) is 0 Å². The third-order valence-corrected chi connectivity index (χ3v) is 6.20. The Morgan fingerprint density at radius 1 is 0.963 bits per heavy atom. The molecule has 6 heteroatoms. The monoisotopic (exact) mass is 388 g/mol. The lowest BCUT2D eigenvalue weighted by molar-refractivity contribution is -0.130. The van der Waals surface area contributed by atoms with E-state index in [2.05, 4.69) is 10.8 Å². The van der Waals surface area contributed by atoms with Crippen molar-refractivity contribution >= 4 is 15.9 Å². The number of hydrogen-bond acceptors (Lipinski definition) is 3. The van der Waals surface area contributed by atoms with Gasteiger partial charge in [-0.1, -0.05) is 35.9 Å². The average molecular weight is 389 g/mol. The van der Waals surface area contributed by atoms with Gasteiger partial charge in [-0.05, 0) is 56.0 Å². The maximum absolute atomic E-state index is 12.5. The van der Waals surface area contributed by atoms with Gasteiger partial charge < -0.3 is 4.90 Å². The number of nitrogens with zero attached hydrogens (tertiary/aromatic N) is 1. The van der Waals surface area contributed by atoms with Crippen LogP contribution in [-0.4, -0.2) is 32.8 Å².